The number of carbonyl (C=O) groups excluding carboxylic acids is 1. The summed E-state index contributed by atoms with van der Waals surface area (Å²) in [6.45, 7) is 7.89. The summed E-state index contributed by atoms with van der Waals surface area (Å²) in [6.07, 6.45) is 2.86. The van der Waals surface area contributed by atoms with Gasteiger partial charge in [-0.15, -0.1) is 0 Å². The molecule has 20 heavy (non-hydrogen) atoms. The molecule has 0 bridgehead atoms. The highest BCUT2D eigenvalue weighted by molar-refractivity contribution is 5.95. The number of hydrogen-bond donors (Lipinski definition) is 2. The summed E-state index contributed by atoms with van der Waals surface area (Å²) in [5.41, 5.74) is 1.29. The molecule has 6 nitrogen and oxygen atoms in total. The fourth-order valence-corrected chi connectivity index (χ4v) is 2.14. The van der Waals surface area contributed by atoms with Crippen molar-refractivity contribution in [2.45, 2.75) is 46.6 Å². The summed E-state index contributed by atoms with van der Waals surface area (Å²) in [5, 5.41) is 15.9. The molecule has 0 fully saturated rings. The summed E-state index contributed by atoms with van der Waals surface area (Å²) < 4.78 is 1.77. The molecule has 1 amide bonds. The molecule has 6 heteroatoms. The van der Waals surface area contributed by atoms with Gasteiger partial charge < -0.3 is 10.4 Å². The standard InChI is InChI=1S/C14H23N3O3/c1-5-6-11(14(19)20)7-15-13(18)12-8-16-17(9(2)3)10(12)4/h8-9,11H,5-7H2,1-4H3,(H,15,18)(H,19,20). The molecule has 0 aromatic carbocycles. The molecule has 0 saturated carbocycles. The number of nitrogens with one attached hydrogen (secondary N) is 1. The number of carboxylic acids is 1. The van der Waals surface area contributed by atoms with Crippen molar-refractivity contribution in [1.29, 1.82) is 0 Å². The Hall–Kier alpha value is -1.85. The van der Waals surface area contributed by atoms with Crippen LogP contribution in [0.1, 0.15) is 55.7 Å². The molecule has 0 aliphatic rings. The molecule has 0 spiro atoms. The van der Waals surface area contributed by atoms with Gasteiger partial charge in [-0.05, 0) is 27.2 Å². The molecule has 1 aromatic heterocycles. The zero-order valence-electron chi connectivity index (χ0n) is 12.5. The van der Waals surface area contributed by atoms with Crippen molar-refractivity contribution in [3.05, 3.63) is 17.5 Å². The van der Waals surface area contributed by atoms with E-state index in [4.69, 9.17) is 5.11 Å². The maximum atomic E-state index is 12.1. The maximum Gasteiger partial charge on any atom is 0.308 e. The lowest BCUT2D eigenvalue weighted by Gasteiger charge is -2.12. The number of amides is 1. The molecule has 0 aliphatic carbocycles. The van der Waals surface area contributed by atoms with Gasteiger partial charge in [0.25, 0.3) is 5.91 Å². The second-order valence-corrected chi connectivity index (χ2v) is 5.22. The SMILES string of the molecule is CCCC(CNC(=O)c1cnn(C(C)C)c1C)C(=O)O. The van der Waals surface area contributed by atoms with Gasteiger partial charge in [-0.3, -0.25) is 14.3 Å². The van der Waals surface area contributed by atoms with Crippen molar-refractivity contribution < 1.29 is 14.7 Å². The Morgan fingerprint density at radius 2 is 2.10 bits per heavy atom. The van der Waals surface area contributed by atoms with Crippen LogP contribution in [0.4, 0.5) is 0 Å². The number of aromatic nitrogens is 2. The summed E-state index contributed by atoms with van der Waals surface area (Å²) in [5.74, 6) is -1.68. The molecular formula is C14H23N3O3. The Kier molecular flexibility index (Phi) is 5.73. The predicted molar refractivity (Wildman–Crippen MR) is 75.7 cm³/mol. The van der Waals surface area contributed by atoms with Crippen molar-refractivity contribution >= 4 is 11.9 Å². The smallest absolute Gasteiger partial charge is 0.308 e. The van der Waals surface area contributed by atoms with Crippen LogP contribution in [0.15, 0.2) is 6.20 Å². The van der Waals surface area contributed by atoms with Crippen LogP contribution in [-0.2, 0) is 4.79 Å². The van der Waals surface area contributed by atoms with Gasteiger partial charge in [-0.25, -0.2) is 0 Å². The summed E-state index contributed by atoms with van der Waals surface area (Å²) >= 11 is 0. The Labute approximate surface area is 119 Å². The first-order valence-corrected chi connectivity index (χ1v) is 6.93. The fraction of sp³-hybridized carbons (Fsp3) is 0.643. The van der Waals surface area contributed by atoms with E-state index in [1.807, 2.05) is 27.7 Å². The van der Waals surface area contributed by atoms with E-state index in [1.165, 1.54) is 6.20 Å². The van der Waals surface area contributed by atoms with Crippen molar-refractivity contribution in [3.63, 3.8) is 0 Å². The van der Waals surface area contributed by atoms with Gasteiger partial charge in [-0.1, -0.05) is 13.3 Å². The third-order valence-electron chi connectivity index (χ3n) is 3.27. The molecule has 1 heterocycles. The van der Waals surface area contributed by atoms with E-state index in [0.717, 1.165) is 12.1 Å². The highest BCUT2D eigenvalue weighted by atomic mass is 16.4. The van der Waals surface area contributed by atoms with Crippen molar-refractivity contribution in [1.82, 2.24) is 15.1 Å². The molecule has 0 aliphatic heterocycles. The van der Waals surface area contributed by atoms with Crippen LogP contribution < -0.4 is 5.32 Å². The first-order chi connectivity index (χ1) is 9.38. The van der Waals surface area contributed by atoms with E-state index in [1.54, 1.807) is 4.68 Å². The van der Waals surface area contributed by atoms with E-state index in [9.17, 15) is 9.59 Å². The Morgan fingerprint density at radius 1 is 1.45 bits per heavy atom. The minimum atomic E-state index is -0.873. The minimum Gasteiger partial charge on any atom is -0.481 e. The van der Waals surface area contributed by atoms with E-state index < -0.39 is 11.9 Å². The van der Waals surface area contributed by atoms with Gasteiger partial charge in [0, 0.05) is 18.3 Å². The van der Waals surface area contributed by atoms with Gasteiger partial charge in [0.2, 0.25) is 0 Å². The lowest BCUT2D eigenvalue weighted by atomic mass is 10.0. The number of carbonyl (C=O) groups is 2. The molecule has 1 unspecified atom stereocenters. The van der Waals surface area contributed by atoms with E-state index in [2.05, 4.69) is 10.4 Å². The largest absolute Gasteiger partial charge is 0.481 e. The fourth-order valence-electron chi connectivity index (χ4n) is 2.14. The lowest BCUT2D eigenvalue weighted by Crippen LogP contribution is -2.33. The lowest BCUT2D eigenvalue weighted by molar-refractivity contribution is -0.141. The third kappa shape index (κ3) is 3.82. The van der Waals surface area contributed by atoms with E-state index in [-0.39, 0.29) is 18.5 Å². The molecular weight excluding hydrogens is 258 g/mol. The Balaban J connectivity index is 2.69. The van der Waals surface area contributed by atoms with E-state index >= 15 is 0 Å². The van der Waals surface area contributed by atoms with Gasteiger partial charge >= 0.3 is 5.97 Å². The first kappa shape index (κ1) is 16.2. The molecule has 112 valence electrons. The highest BCUT2D eigenvalue weighted by Crippen LogP contribution is 2.13. The zero-order valence-corrected chi connectivity index (χ0v) is 12.5. The van der Waals surface area contributed by atoms with Crippen LogP contribution in [-0.4, -0.2) is 33.3 Å². The molecule has 1 rings (SSSR count). The van der Waals surface area contributed by atoms with Crippen molar-refractivity contribution in [3.8, 4) is 0 Å². The summed E-state index contributed by atoms with van der Waals surface area (Å²) in [6, 6.07) is 0.184. The Morgan fingerprint density at radius 3 is 2.55 bits per heavy atom. The number of hydrogen-bond acceptors (Lipinski definition) is 3. The number of nitrogens with zero attached hydrogens (tertiary/aromatic N) is 2. The number of rotatable bonds is 7. The predicted octanol–water partition coefficient (Wildman–Crippen LogP) is 2.00. The molecule has 1 atom stereocenters. The van der Waals surface area contributed by atoms with Crippen LogP contribution in [0.2, 0.25) is 0 Å². The van der Waals surface area contributed by atoms with Crippen LogP contribution >= 0.6 is 0 Å². The molecule has 0 radical (unpaired) electrons. The average molecular weight is 281 g/mol. The second-order valence-electron chi connectivity index (χ2n) is 5.22. The van der Waals surface area contributed by atoms with Crippen molar-refractivity contribution in [2.24, 2.45) is 5.92 Å². The normalized spacial score (nSPS) is 12.4. The van der Waals surface area contributed by atoms with Gasteiger partial charge in [0.15, 0.2) is 0 Å². The quantitative estimate of drug-likeness (QED) is 0.800. The van der Waals surface area contributed by atoms with Crippen LogP contribution in [0.3, 0.4) is 0 Å². The summed E-state index contributed by atoms with van der Waals surface area (Å²) in [7, 11) is 0. The monoisotopic (exact) mass is 281 g/mol. The topological polar surface area (TPSA) is 84.2 Å². The minimum absolute atomic E-state index is 0.147. The highest BCUT2D eigenvalue weighted by Gasteiger charge is 2.20. The summed E-state index contributed by atoms with van der Waals surface area (Å²) in [4.78, 5) is 23.1. The molecule has 1 aromatic rings. The number of carboxylic acid groups (broad SMARTS) is 1. The number of aliphatic carboxylic acids is 1. The van der Waals surface area contributed by atoms with Crippen molar-refractivity contribution in [2.75, 3.05) is 6.54 Å². The van der Waals surface area contributed by atoms with Gasteiger partial charge in [0.05, 0.1) is 17.7 Å². The van der Waals surface area contributed by atoms with Gasteiger partial charge in [0.1, 0.15) is 0 Å². The van der Waals surface area contributed by atoms with Crippen LogP contribution in [0, 0.1) is 12.8 Å². The molecule has 0 saturated heterocycles. The van der Waals surface area contributed by atoms with Gasteiger partial charge in [-0.2, -0.15) is 5.10 Å². The maximum absolute atomic E-state index is 12.1. The zero-order chi connectivity index (χ0) is 15.3. The third-order valence-corrected chi connectivity index (χ3v) is 3.27. The van der Waals surface area contributed by atoms with E-state index in [0.29, 0.717) is 12.0 Å². The average Bonchev–Trinajstić information content (AvgIpc) is 2.75. The Bertz CT molecular complexity index is 480. The van der Waals surface area contributed by atoms with Crippen LogP contribution in [0.5, 0.6) is 0 Å². The first-order valence-electron chi connectivity index (χ1n) is 6.93. The van der Waals surface area contributed by atoms with Crippen LogP contribution in [0.25, 0.3) is 0 Å². The molecule has 2 N–H and O–H groups in total. The second kappa shape index (κ2) is 7.07.